The molecule has 4 heteroatoms. The van der Waals surface area contributed by atoms with E-state index in [0.29, 0.717) is 29.5 Å². The Kier molecular flexibility index (Phi) is 5.02. The number of benzene rings is 3. The smallest absolute Gasteiger partial charge is 0.338 e. The molecule has 0 heterocycles. The van der Waals surface area contributed by atoms with Crippen molar-refractivity contribution in [3.63, 3.8) is 0 Å². The molecule has 0 aromatic heterocycles. The number of carbonyl (C=O) groups excluding carboxylic acids is 1. The van der Waals surface area contributed by atoms with Crippen LogP contribution in [0.4, 0.5) is 0 Å². The van der Waals surface area contributed by atoms with Crippen LogP contribution in [0.2, 0.25) is 5.02 Å². The van der Waals surface area contributed by atoms with Gasteiger partial charge in [-0.1, -0.05) is 54.1 Å². The molecule has 3 aromatic rings. The topological polar surface area (TPSA) is 35.5 Å². The van der Waals surface area contributed by atoms with Gasteiger partial charge in [-0.25, -0.2) is 4.79 Å². The highest BCUT2D eigenvalue weighted by Crippen LogP contribution is 2.28. The molecule has 0 aliphatic heterocycles. The van der Waals surface area contributed by atoms with Crippen molar-refractivity contribution in [1.82, 2.24) is 0 Å². The fourth-order valence-corrected chi connectivity index (χ4v) is 2.77. The molecule has 0 aliphatic rings. The van der Waals surface area contributed by atoms with Gasteiger partial charge in [0.05, 0.1) is 17.2 Å². The maximum Gasteiger partial charge on any atom is 0.338 e. The Morgan fingerprint density at radius 3 is 2.62 bits per heavy atom. The molecule has 0 N–H and O–H groups in total. The number of halogens is 1. The van der Waals surface area contributed by atoms with Crippen LogP contribution < -0.4 is 4.74 Å². The summed E-state index contributed by atoms with van der Waals surface area (Å²) in [5.74, 6) is 0.151. The van der Waals surface area contributed by atoms with E-state index in [0.717, 1.165) is 10.9 Å². The minimum atomic E-state index is -0.389. The first-order chi connectivity index (χ1) is 11.7. The molecule has 0 aliphatic carbocycles. The summed E-state index contributed by atoms with van der Waals surface area (Å²) in [6, 6.07) is 19.2. The van der Waals surface area contributed by atoms with Crippen LogP contribution in [0, 0.1) is 0 Å². The molecular formula is C20H17ClO3. The fraction of sp³-hybridized carbons (Fsp3) is 0.150. The van der Waals surface area contributed by atoms with E-state index in [-0.39, 0.29) is 5.97 Å². The van der Waals surface area contributed by atoms with Gasteiger partial charge in [-0.2, -0.15) is 0 Å². The van der Waals surface area contributed by atoms with Crippen molar-refractivity contribution in [3.8, 4) is 5.75 Å². The first-order valence-electron chi connectivity index (χ1n) is 7.75. The molecular weight excluding hydrogens is 324 g/mol. The van der Waals surface area contributed by atoms with Crippen molar-refractivity contribution in [2.75, 3.05) is 6.61 Å². The summed E-state index contributed by atoms with van der Waals surface area (Å²) in [6.07, 6.45) is 0. The highest BCUT2D eigenvalue weighted by molar-refractivity contribution is 6.32. The molecule has 0 fully saturated rings. The number of esters is 1. The molecule has 3 rings (SSSR count). The van der Waals surface area contributed by atoms with Gasteiger partial charge < -0.3 is 9.47 Å². The highest BCUT2D eigenvalue weighted by atomic mass is 35.5. The first kappa shape index (κ1) is 16.3. The van der Waals surface area contributed by atoms with E-state index in [1.165, 1.54) is 5.39 Å². The molecule has 0 spiro atoms. The van der Waals surface area contributed by atoms with E-state index < -0.39 is 0 Å². The molecule has 3 nitrogen and oxygen atoms in total. The lowest BCUT2D eigenvalue weighted by Gasteiger charge is -2.11. The van der Waals surface area contributed by atoms with Crippen molar-refractivity contribution in [1.29, 1.82) is 0 Å². The average molecular weight is 341 g/mol. The van der Waals surface area contributed by atoms with E-state index in [1.54, 1.807) is 25.1 Å². The van der Waals surface area contributed by atoms with E-state index >= 15 is 0 Å². The van der Waals surface area contributed by atoms with Gasteiger partial charge in [-0.3, -0.25) is 0 Å². The van der Waals surface area contributed by atoms with Crippen LogP contribution in [0.25, 0.3) is 10.8 Å². The third kappa shape index (κ3) is 3.52. The quantitative estimate of drug-likeness (QED) is 0.595. The number of ether oxygens (including phenoxy) is 2. The maximum atomic E-state index is 11.7. The number of fused-ring (bicyclic) bond motifs is 1. The van der Waals surface area contributed by atoms with Gasteiger partial charge in [-0.05, 0) is 41.5 Å². The van der Waals surface area contributed by atoms with Gasteiger partial charge >= 0.3 is 5.97 Å². The van der Waals surface area contributed by atoms with Crippen molar-refractivity contribution in [2.24, 2.45) is 0 Å². The Morgan fingerprint density at radius 2 is 1.83 bits per heavy atom. The third-order valence-electron chi connectivity index (χ3n) is 3.71. The van der Waals surface area contributed by atoms with Gasteiger partial charge in [-0.15, -0.1) is 0 Å². The zero-order valence-electron chi connectivity index (χ0n) is 13.3. The predicted molar refractivity (Wildman–Crippen MR) is 95.7 cm³/mol. The first-order valence-corrected chi connectivity index (χ1v) is 8.13. The summed E-state index contributed by atoms with van der Waals surface area (Å²) in [5.41, 5.74) is 1.50. The lowest BCUT2D eigenvalue weighted by molar-refractivity contribution is 0.0526. The van der Waals surface area contributed by atoms with Crippen LogP contribution >= 0.6 is 11.6 Å². The second kappa shape index (κ2) is 7.37. The Labute approximate surface area is 145 Å². The van der Waals surface area contributed by atoms with E-state index in [1.807, 2.05) is 24.3 Å². The van der Waals surface area contributed by atoms with Crippen LogP contribution in [0.5, 0.6) is 5.75 Å². The van der Waals surface area contributed by atoms with Gasteiger partial charge in [0.2, 0.25) is 0 Å². The summed E-state index contributed by atoms with van der Waals surface area (Å²) in [4.78, 5) is 11.7. The van der Waals surface area contributed by atoms with Gasteiger partial charge in [0.1, 0.15) is 12.4 Å². The molecule has 0 saturated carbocycles. The van der Waals surface area contributed by atoms with Crippen LogP contribution in [-0.4, -0.2) is 12.6 Å². The molecule has 3 aromatic carbocycles. The lowest BCUT2D eigenvalue weighted by atomic mass is 10.1. The van der Waals surface area contributed by atoms with E-state index in [4.69, 9.17) is 21.1 Å². The molecule has 0 saturated heterocycles. The second-order valence-corrected chi connectivity index (χ2v) is 5.70. The molecule has 0 atom stereocenters. The fourth-order valence-electron chi connectivity index (χ4n) is 2.53. The van der Waals surface area contributed by atoms with Crippen LogP contribution in [0.1, 0.15) is 22.8 Å². The minimum Gasteiger partial charge on any atom is -0.487 e. The summed E-state index contributed by atoms with van der Waals surface area (Å²) >= 11 is 6.23. The van der Waals surface area contributed by atoms with Crippen molar-refractivity contribution in [3.05, 3.63) is 76.8 Å². The largest absolute Gasteiger partial charge is 0.487 e. The monoisotopic (exact) mass is 340 g/mol. The normalized spacial score (nSPS) is 10.6. The van der Waals surface area contributed by atoms with E-state index in [2.05, 4.69) is 18.2 Å². The van der Waals surface area contributed by atoms with Crippen molar-refractivity contribution < 1.29 is 14.3 Å². The predicted octanol–water partition coefficient (Wildman–Crippen LogP) is 5.25. The summed E-state index contributed by atoms with van der Waals surface area (Å²) in [6.45, 7) is 2.50. The van der Waals surface area contributed by atoms with Crippen LogP contribution in [0.15, 0.2) is 60.7 Å². The molecule has 0 unspecified atom stereocenters. The van der Waals surface area contributed by atoms with Crippen LogP contribution in [-0.2, 0) is 11.3 Å². The Hall–Kier alpha value is -2.52. The molecule has 122 valence electrons. The van der Waals surface area contributed by atoms with E-state index in [9.17, 15) is 4.79 Å². The number of carbonyl (C=O) groups is 1. The molecule has 24 heavy (non-hydrogen) atoms. The second-order valence-electron chi connectivity index (χ2n) is 5.29. The summed E-state index contributed by atoms with van der Waals surface area (Å²) in [5, 5.41) is 2.71. The number of rotatable bonds is 5. The number of hydrogen-bond donors (Lipinski definition) is 0. The molecule has 0 amide bonds. The van der Waals surface area contributed by atoms with Crippen molar-refractivity contribution >= 4 is 28.3 Å². The Balaban J connectivity index is 1.78. The van der Waals surface area contributed by atoms with Crippen molar-refractivity contribution in [2.45, 2.75) is 13.5 Å². The maximum absolute atomic E-state index is 11.7. The Bertz CT molecular complexity index is 868. The summed E-state index contributed by atoms with van der Waals surface area (Å²) < 4.78 is 10.8. The molecule has 0 bridgehead atoms. The van der Waals surface area contributed by atoms with Gasteiger partial charge in [0, 0.05) is 0 Å². The highest BCUT2D eigenvalue weighted by Gasteiger charge is 2.11. The zero-order chi connectivity index (χ0) is 16.9. The number of hydrogen-bond acceptors (Lipinski definition) is 3. The average Bonchev–Trinajstić information content (AvgIpc) is 2.61. The van der Waals surface area contributed by atoms with Gasteiger partial charge in [0.15, 0.2) is 0 Å². The zero-order valence-corrected chi connectivity index (χ0v) is 14.0. The third-order valence-corrected chi connectivity index (χ3v) is 4.00. The minimum absolute atomic E-state index is 0.329. The standard InChI is InChI=1S/C20H17ClO3/c1-2-23-20(22)15-10-11-19(18(21)12-15)24-13-16-8-5-7-14-6-3-4-9-17(14)16/h3-12H,2,13H2,1H3. The van der Waals surface area contributed by atoms with Gasteiger partial charge in [0.25, 0.3) is 0 Å². The SMILES string of the molecule is CCOC(=O)c1ccc(OCc2cccc3ccccc23)c(Cl)c1. The Morgan fingerprint density at radius 1 is 1.04 bits per heavy atom. The lowest BCUT2D eigenvalue weighted by Crippen LogP contribution is -2.05. The van der Waals surface area contributed by atoms with Crippen LogP contribution in [0.3, 0.4) is 0 Å². The molecule has 0 radical (unpaired) electrons. The summed E-state index contributed by atoms with van der Waals surface area (Å²) in [7, 11) is 0.